The van der Waals surface area contributed by atoms with Crippen molar-refractivity contribution in [1.29, 1.82) is 0 Å². The monoisotopic (exact) mass is 233 g/mol. The Labute approximate surface area is 100 Å². The van der Waals surface area contributed by atoms with Gasteiger partial charge >= 0.3 is 0 Å². The molecule has 0 aliphatic heterocycles. The molecule has 2 nitrogen and oxygen atoms in total. The largest absolute Gasteiger partial charge is 0.467 e. The maximum absolute atomic E-state index is 13.7. The Morgan fingerprint density at radius 2 is 1.94 bits per heavy atom. The Hall–Kier alpha value is -1.61. The fourth-order valence-corrected chi connectivity index (χ4v) is 1.69. The van der Waals surface area contributed by atoms with E-state index in [1.54, 1.807) is 24.5 Å². The average Bonchev–Trinajstić information content (AvgIpc) is 2.75. The van der Waals surface area contributed by atoms with Gasteiger partial charge < -0.3 is 9.73 Å². The van der Waals surface area contributed by atoms with Crippen LogP contribution >= 0.6 is 0 Å². The van der Waals surface area contributed by atoms with E-state index in [0.717, 1.165) is 11.3 Å². The third-order valence-electron chi connectivity index (χ3n) is 2.58. The lowest BCUT2D eigenvalue weighted by molar-refractivity contribution is 0.466. The topological polar surface area (TPSA) is 25.2 Å². The first-order valence-electron chi connectivity index (χ1n) is 5.73. The minimum atomic E-state index is -0.223. The van der Waals surface area contributed by atoms with Crippen LogP contribution in [-0.2, 0) is 6.54 Å². The number of hydrogen-bond acceptors (Lipinski definition) is 2. The van der Waals surface area contributed by atoms with Crippen LogP contribution in [0.4, 0.5) is 4.39 Å². The summed E-state index contributed by atoms with van der Waals surface area (Å²) in [5.74, 6) is 0.545. The molecule has 0 radical (unpaired) electrons. The SMILES string of the molecule is CC(C)NCc1occc1-c1ccccc1F. The molecular weight excluding hydrogens is 217 g/mol. The van der Waals surface area contributed by atoms with Crippen LogP contribution in [0.25, 0.3) is 11.1 Å². The fourth-order valence-electron chi connectivity index (χ4n) is 1.69. The third kappa shape index (κ3) is 2.74. The average molecular weight is 233 g/mol. The standard InChI is InChI=1S/C14H16FNO/c1-10(2)16-9-14-12(7-8-17-14)11-5-3-4-6-13(11)15/h3-8,10,16H,9H2,1-2H3. The predicted octanol–water partition coefficient (Wildman–Crippen LogP) is 3.58. The summed E-state index contributed by atoms with van der Waals surface area (Å²) in [5, 5.41) is 3.26. The first-order valence-corrected chi connectivity index (χ1v) is 5.73. The minimum absolute atomic E-state index is 0.223. The van der Waals surface area contributed by atoms with Gasteiger partial charge in [0.25, 0.3) is 0 Å². The van der Waals surface area contributed by atoms with E-state index in [-0.39, 0.29) is 5.82 Å². The maximum Gasteiger partial charge on any atom is 0.131 e. The zero-order valence-corrected chi connectivity index (χ0v) is 10.0. The number of nitrogens with one attached hydrogen (secondary N) is 1. The van der Waals surface area contributed by atoms with Crippen LogP contribution in [0.3, 0.4) is 0 Å². The molecule has 0 amide bonds. The molecule has 0 atom stereocenters. The molecule has 2 rings (SSSR count). The lowest BCUT2D eigenvalue weighted by Gasteiger charge is -2.08. The summed E-state index contributed by atoms with van der Waals surface area (Å²) in [6.07, 6.45) is 1.60. The number of benzene rings is 1. The summed E-state index contributed by atoms with van der Waals surface area (Å²) in [7, 11) is 0. The van der Waals surface area contributed by atoms with Crippen LogP contribution in [-0.4, -0.2) is 6.04 Å². The van der Waals surface area contributed by atoms with Crippen molar-refractivity contribution in [3.63, 3.8) is 0 Å². The summed E-state index contributed by atoms with van der Waals surface area (Å²) < 4.78 is 19.1. The van der Waals surface area contributed by atoms with Crippen molar-refractivity contribution in [3.05, 3.63) is 48.2 Å². The van der Waals surface area contributed by atoms with Gasteiger partial charge in [-0.25, -0.2) is 4.39 Å². The van der Waals surface area contributed by atoms with E-state index in [1.165, 1.54) is 6.07 Å². The third-order valence-corrected chi connectivity index (χ3v) is 2.58. The summed E-state index contributed by atoms with van der Waals surface area (Å²) in [6.45, 7) is 4.73. The molecule has 0 fully saturated rings. The van der Waals surface area contributed by atoms with Gasteiger partial charge in [-0.05, 0) is 12.1 Å². The van der Waals surface area contributed by atoms with Crippen LogP contribution < -0.4 is 5.32 Å². The molecule has 1 N–H and O–H groups in total. The van der Waals surface area contributed by atoms with Crippen molar-refractivity contribution in [2.45, 2.75) is 26.4 Å². The molecule has 0 aliphatic rings. The van der Waals surface area contributed by atoms with Gasteiger partial charge in [-0.2, -0.15) is 0 Å². The molecule has 0 unspecified atom stereocenters. The Balaban J connectivity index is 2.28. The number of hydrogen-bond donors (Lipinski definition) is 1. The maximum atomic E-state index is 13.7. The highest BCUT2D eigenvalue weighted by Gasteiger charge is 2.12. The molecule has 0 aliphatic carbocycles. The molecule has 0 spiro atoms. The van der Waals surface area contributed by atoms with Crippen molar-refractivity contribution in [2.75, 3.05) is 0 Å². The first-order chi connectivity index (χ1) is 8.18. The Morgan fingerprint density at radius 3 is 2.65 bits per heavy atom. The zero-order valence-electron chi connectivity index (χ0n) is 10.0. The van der Waals surface area contributed by atoms with E-state index in [0.29, 0.717) is 18.2 Å². The molecule has 1 aromatic carbocycles. The van der Waals surface area contributed by atoms with Crippen LogP contribution in [0.1, 0.15) is 19.6 Å². The van der Waals surface area contributed by atoms with Gasteiger partial charge in [-0.1, -0.05) is 32.0 Å². The normalized spacial score (nSPS) is 11.1. The zero-order chi connectivity index (χ0) is 12.3. The molecule has 1 heterocycles. The number of halogens is 1. The van der Waals surface area contributed by atoms with Crippen molar-refractivity contribution in [2.24, 2.45) is 0 Å². The molecular formula is C14H16FNO. The highest BCUT2D eigenvalue weighted by Crippen LogP contribution is 2.27. The molecule has 0 bridgehead atoms. The highest BCUT2D eigenvalue weighted by molar-refractivity contribution is 5.65. The number of furan rings is 1. The van der Waals surface area contributed by atoms with E-state index < -0.39 is 0 Å². The predicted molar refractivity (Wildman–Crippen MR) is 66.1 cm³/mol. The van der Waals surface area contributed by atoms with Gasteiger partial charge in [0.1, 0.15) is 11.6 Å². The van der Waals surface area contributed by atoms with Gasteiger partial charge in [0.05, 0.1) is 12.8 Å². The number of rotatable bonds is 4. The molecule has 3 heteroatoms. The molecule has 0 saturated heterocycles. The second-order valence-corrected chi connectivity index (χ2v) is 4.27. The van der Waals surface area contributed by atoms with E-state index in [1.807, 2.05) is 6.07 Å². The quantitative estimate of drug-likeness (QED) is 0.873. The van der Waals surface area contributed by atoms with E-state index in [2.05, 4.69) is 19.2 Å². The lowest BCUT2D eigenvalue weighted by atomic mass is 10.1. The van der Waals surface area contributed by atoms with Crippen molar-refractivity contribution in [1.82, 2.24) is 5.32 Å². The van der Waals surface area contributed by atoms with Crippen LogP contribution in [0, 0.1) is 5.82 Å². The van der Waals surface area contributed by atoms with Gasteiger partial charge in [0.15, 0.2) is 0 Å². The van der Waals surface area contributed by atoms with Gasteiger partial charge in [-0.3, -0.25) is 0 Å². The van der Waals surface area contributed by atoms with Crippen molar-refractivity contribution in [3.8, 4) is 11.1 Å². The summed E-state index contributed by atoms with van der Waals surface area (Å²) in [4.78, 5) is 0. The molecule has 90 valence electrons. The summed E-state index contributed by atoms with van der Waals surface area (Å²) in [5.41, 5.74) is 1.40. The first kappa shape index (κ1) is 11.9. The molecule has 1 aromatic heterocycles. The lowest BCUT2D eigenvalue weighted by Crippen LogP contribution is -2.21. The van der Waals surface area contributed by atoms with Crippen LogP contribution in [0.2, 0.25) is 0 Å². The second-order valence-electron chi connectivity index (χ2n) is 4.27. The smallest absolute Gasteiger partial charge is 0.131 e. The Bertz CT molecular complexity index is 490. The van der Waals surface area contributed by atoms with Gasteiger partial charge in [-0.15, -0.1) is 0 Å². The van der Waals surface area contributed by atoms with Gasteiger partial charge in [0, 0.05) is 17.2 Å². The summed E-state index contributed by atoms with van der Waals surface area (Å²) in [6, 6.07) is 8.90. The van der Waals surface area contributed by atoms with Crippen molar-refractivity contribution < 1.29 is 8.81 Å². The Morgan fingerprint density at radius 1 is 1.18 bits per heavy atom. The highest BCUT2D eigenvalue weighted by atomic mass is 19.1. The van der Waals surface area contributed by atoms with E-state index in [9.17, 15) is 4.39 Å². The van der Waals surface area contributed by atoms with Crippen LogP contribution in [0.5, 0.6) is 0 Å². The van der Waals surface area contributed by atoms with Gasteiger partial charge in [0.2, 0.25) is 0 Å². The Kier molecular flexibility index (Phi) is 3.59. The van der Waals surface area contributed by atoms with Crippen molar-refractivity contribution >= 4 is 0 Å². The van der Waals surface area contributed by atoms with E-state index >= 15 is 0 Å². The molecule has 0 saturated carbocycles. The van der Waals surface area contributed by atoms with E-state index in [4.69, 9.17) is 4.42 Å². The molecule has 17 heavy (non-hydrogen) atoms. The molecule has 2 aromatic rings. The second kappa shape index (κ2) is 5.15. The minimum Gasteiger partial charge on any atom is -0.467 e. The van der Waals surface area contributed by atoms with Crippen LogP contribution in [0.15, 0.2) is 41.0 Å². The fraction of sp³-hybridized carbons (Fsp3) is 0.286. The summed E-state index contributed by atoms with van der Waals surface area (Å²) >= 11 is 0.